The molecule has 0 aliphatic heterocycles. The molecular formula is C26H35NO4S. The van der Waals surface area contributed by atoms with Gasteiger partial charge < -0.3 is 14.8 Å². The standard InChI is InChI=1S/C26H35NO4S/c1-7-30-25(29)23-20-13-10-18(26(4,5)6)14-21(20)32-24(23)27-22(28)15-31-19-11-8-17(9-12-19)16(2)3/h8-9,11-12,16,18H,7,10,13-15H2,1-6H3,(H,27,28). The Kier molecular flexibility index (Phi) is 7.65. The van der Waals surface area contributed by atoms with Gasteiger partial charge in [-0.05, 0) is 66.7 Å². The fourth-order valence-corrected chi connectivity index (χ4v) is 5.42. The van der Waals surface area contributed by atoms with Crippen molar-refractivity contribution >= 4 is 28.2 Å². The van der Waals surface area contributed by atoms with Crippen LogP contribution in [-0.4, -0.2) is 25.1 Å². The Hall–Kier alpha value is -2.34. The number of esters is 1. The van der Waals surface area contributed by atoms with Crippen molar-refractivity contribution in [2.45, 2.75) is 66.7 Å². The number of anilines is 1. The minimum Gasteiger partial charge on any atom is -0.484 e. The molecule has 1 aliphatic rings. The van der Waals surface area contributed by atoms with Gasteiger partial charge in [-0.2, -0.15) is 0 Å². The van der Waals surface area contributed by atoms with E-state index in [-0.39, 0.29) is 23.9 Å². The van der Waals surface area contributed by atoms with Crippen LogP contribution in [0.15, 0.2) is 24.3 Å². The number of carbonyl (C=O) groups excluding carboxylic acids is 2. The van der Waals surface area contributed by atoms with Gasteiger partial charge in [-0.25, -0.2) is 4.79 Å². The van der Waals surface area contributed by atoms with Crippen molar-refractivity contribution in [3.63, 3.8) is 0 Å². The summed E-state index contributed by atoms with van der Waals surface area (Å²) in [6, 6.07) is 7.78. The van der Waals surface area contributed by atoms with Crippen LogP contribution in [0.1, 0.15) is 80.2 Å². The molecule has 174 valence electrons. The summed E-state index contributed by atoms with van der Waals surface area (Å²) in [5.74, 6) is 0.989. The number of carbonyl (C=O) groups is 2. The maximum atomic E-state index is 12.7. The molecule has 6 heteroatoms. The van der Waals surface area contributed by atoms with Gasteiger partial charge >= 0.3 is 5.97 Å². The van der Waals surface area contributed by atoms with Crippen molar-refractivity contribution in [3.05, 3.63) is 45.8 Å². The Labute approximate surface area is 195 Å². The van der Waals surface area contributed by atoms with Gasteiger partial charge in [0.05, 0.1) is 12.2 Å². The Morgan fingerprint density at radius 2 is 1.88 bits per heavy atom. The molecule has 0 fully saturated rings. The van der Waals surface area contributed by atoms with E-state index in [1.54, 1.807) is 6.92 Å². The van der Waals surface area contributed by atoms with Crippen LogP contribution in [-0.2, 0) is 22.4 Å². The van der Waals surface area contributed by atoms with E-state index in [2.05, 4.69) is 39.9 Å². The second-order valence-electron chi connectivity index (χ2n) is 9.79. The van der Waals surface area contributed by atoms with Gasteiger partial charge in [0.15, 0.2) is 6.61 Å². The molecule has 0 saturated heterocycles. The molecule has 1 aromatic carbocycles. The Balaban J connectivity index is 1.74. The molecule has 1 aliphatic carbocycles. The first-order chi connectivity index (χ1) is 15.1. The van der Waals surface area contributed by atoms with Crippen molar-refractivity contribution in [1.82, 2.24) is 0 Å². The third-order valence-corrected chi connectivity index (χ3v) is 7.31. The van der Waals surface area contributed by atoms with Crippen LogP contribution in [0.5, 0.6) is 5.75 Å². The SMILES string of the molecule is CCOC(=O)c1c(NC(=O)COc2ccc(C(C)C)cc2)sc2c1CCC(C(C)(C)C)C2. The Morgan fingerprint density at radius 3 is 2.47 bits per heavy atom. The largest absolute Gasteiger partial charge is 0.484 e. The number of ether oxygens (including phenoxy) is 2. The molecule has 1 heterocycles. The summed E-state index contributed by atoms with van der Waals surface area (Å²) in [7, 11) is 0. The molecule has 0 bridgehead atoms. The van der Waals surface area contributed by atoms with Crippen molar-refractivity contribution in [1.29, 1.82) is 0 Å². The first kappa shape index (κ1) is 24.3. The monoisotopic (exact) mass is 457 g/mol. The predicted octanol–water partition coefficient (Wildman–Crippen LogP) is 6.22. The fraction of sp³-hybridized carbons (Fsp3) is 0.538. The van der Waals surface area contributed by atoms with Gasteiger partial charge in [-0.3, -0.25) is 4.79 Å². The number of amides is 1. The fourth-order valence-electron chi connectivity index (χ4n) is 4.09. The minimum absolute atomic E-state index is 0.115. The molecular weight excluding hydrogens is 422 g/mol. The molecule has 2 aromatic rings. The lowest BCUT2D eigenvalue weighted by Crippen LogP contribution is -2.26. The second kappa shape index (κ2) is 10.1. The number of rotatable bonds is 7. The van der Waals surface area contributed by atoms with Crippen LogP contribution in [0, 0.1) is 11.3 Å². The third-order valence-electron chi connectivity index (χ3n) is 6.14. The summed E-state index contributed by atoms with van der Waals surface area (Å²) >= 11 is 1.50. The molecule has 0 radical (unpaired) electrons. The molecule has 0 saturated carbocycles. The van der Waals surface area contributed by atoms with Gasteiger partial charge in [0.1, 0.15) is 10.8 Å². The topological polar surface area (TPSA) is 64.6 Å². The van der Waals surface area contributed by atoms with Crippen LogP contribution in [0.4, 0.5) is 5.00 Å². The number of thiophene rings is 1. The molecule has 1 amide bonds. The van der Waals surface area contributed by atoms with E-state index < -0.39 is 0 Å². The molecule has 3 rings (SSSR count). The van der Waals surface area contributed by atoms with E-state index in [1.165, 1.54) is 21.8 Å². The highest BCUT2D eigenvalue weighted by atomic mass is 32.1. The third kappa shape index (κ3) is 5.71. The summed E-state index contributed by atoms with van der Waals surface area (Å²) in [5, 5.41) is 3.49. The molecule has 5 nitrogen and oxygen atoms in total. The van der Waals surface area contributed by atoms with E-state index in [4.69, 9.17) is 9.47 Å². The molecule has 1 unspecified atom stereocenters. The first-order valence-electron chi connectivity index (χ1n) is 11.4. The lowest BCUT2D eigenvalue weighted by atomic mass is 9.72. The maximum Gasteiger partial charge on any atom is 0.341 e. The Bertz CT molecular complexity index is 953. The summed E-state index contributed by atoms with van der Waals surface area (Å²) in [5.41, 5.74) is 2.98. The summed E-state index contributed by atoms with van der Waals surface area (Å²) < 4.78 is 11.0. The highest BCUT2D eigenvalue weighted by molar-refractivity contribution is 7.17. The van der Waals surface area contributed by atoms with Crippen LogP contribution < -0.4 is 10.1 Å². The van der Waals surface area contributed by atoms with E-state index in [9.17, 15) is 9.59 Å². The van der Waals surface area contributed by atoms with Crippen molar-refractivity contribution in [2.24, 2.45) is 11.3 Å². The normalized spacial score (nSPS) is 15.9. The summed E-state index contributed by atoms with van der Waals surface area (Å²) in [6.07, 6.45) is 2.78. The average molecular weight is 458 g/mol. The highest BCUT2D eigenvalue weighted by Gasteiger charge is 2.34. The van der Waals surface area contributed by atoms with E-state index in [1.807, 2.05) is 24.3 Å². The lowest BCUT2D eigenvalue weighted by molar-refractivity contribution is -0.118. The van der Waals surface area contributed by atoms with Crippen molar-refractivity contribution in [2.75, 3.05) is 18.5 Å². The van der Waals surface area contributed by atoms with Crippen molar-refractivity contribution < 1.29 is 19.1 Å². The number of nitrogens with one attached hydrogen (secondary N) is 1. The van der Waals surface area contributed by atoms with Gasteiger partial charge in [0, 0.05) is 4.88 Å². The minimum atomic E-state index is -0.361. The smallest absolute Gasteiger partial charge is 0.341 e. The summed E-state index contributed by atoms with van der Waals surface area (Å²) in [4.78, 5) is 26.6. The zero-order valence-electron chi connectivity index (χ0n) is 20.0. The van der Waals surface area contributed by atoms with Crippen molar-refractivity contribution in [3.8, 4) is 5.75 Å². The maximum absolute atomic E-state index is 12.7. The van der Waals surface area contributed by atoms with Crippen LogP contribution in [0.3, 0.4) is 0 Å². The molecule has 1 aromatic heterocycles. The molecule has 1 N–H and O–H groups in total. The number of benzene rings is 1. The predicted molar refractivity (Wildman–Crippen MR) is 130 cm³/mol. The highest BCUT2D eigenvalue weighted by Crippen LogP contribution is 2.44. The van der Waals surface area contributed by atoms with E-state index >= 15 is 0 Å². The molecule has 0 spiro atoms. The zero-order chi connectivity index (χ0) is 23.5. The number of fused-ring (bicyclic) bond motifs is 1. The van der Waals surface area contributed by atoms with Gasteiger partial charge in [-0.15, -0.1) is 11.3 Å². The Morgan fingerprint density at radius 1 is 1.19 bits per heavy atom. The van der Waals surface area contributed by atoms with Gasteiger partial charge in [0.25, 0.3) is 5.91 Å². The van der Waals surface area contributed by atoms with Crippen LogP contribution in [0.2, 0.25) is 0 Å². The molecule has 1 atom stereocenters. The van der Waals surface area contributed by atoms with Crippen LogP contribution >= 0.6 is 11.3 Å². The molecule has 32 heavy (non-hydrogen) atoms. The van der Waals surface area contributed by atoms with Gasteiger partial charge in [0.2, 0.25) is 0 Å². The average Bonchev–Trinajstić information content (AvgIpc) is 3.09. The summed E-state index contributed by atoms with van der Waals surface area (Å²) in [6.45, 7) is 13.0. The van der Waals surface area contributed by atoms with E-state index in [0.717, 1.165) is 24.8 Å². The number of hydrogen-bond donors (Lipinski definition) is 1. The lowest BCUT2D eigenvalue weighted by Gasteiger charge is -2.33. The zero-order valence-corrected chi connectivity index (χ0v) is 20.9. The van der Waals surface area contributed by atoms with Crippen LogP contribution in [0.25, 0.3) is 0 Å². The van der Waals surface area contributed by atoms with E-state index in [0.29, 0.717) is 34.8 Å². The second-order valence-corrected chi connectivity index (χ2v) is 10.9. The first-order valence-corrected chi connectivity index (χ1v) is 12.3. The number of hydrogen-bond acceptors (Lipinski definition) is 5. The quantitative estimate of drug-likeness (QED) is 0.502. The van der Waals surface area contributed by atoms with Gasteiger partial charge in [-0.1, -0.05) is 46.8 Å².